The fraction of sp³-hybridized carbons (Fsp3) is 0.360. The molecule has 0 aliphatic carbocycles. The highest BCUT2D eigenvalue weighted by atomic mass is 16.2. The predicted molar refractivity (Wildman–Crippen MR) is 126 cm³/mol. The molecule has 6 nitrogen and oxygen atoms in total. The molecule has 1 aromatic heterocycles. The van der Waals surface area contributed by atoms with Crippen LogP contribution in [0.25, 0.3) is 10.9 Å². The van der Waals surface area contributed by atoms with Gasteiger partial charge in [0.25, 0.3) is 0 Å². The molecule has 2 heterocycles. The first-order valence-electron chi connectivity index (χ1n) is 11.1. The molecule has 162 valence electrons. The Labute approximate surface area is 184 Å². The standard InChI is InChI=1S/C25H31N5O/c1-26-25(27-14-5-16-29-17-13-22-6-2-3-7-23(22)29)28-18-20-9-11-21(12-10-20)19-30-15-4-8-24(30)31/h2-3,6-7,9-13,17H,4-5,8,14-16,18-19H2,1H3,(H2,26,27,28). The van der Waals surface area contributed by atoms with Crippen LogP contribution in [0.2, 0.25) is 0 Å². The Kier molecular flexibility index (Phi) is 6.87. The highest BCUT2D eigenvalue weighted by Crippen LogP contribution is 2.16. The van der Waals surface area contributed by atoms with E-state index in [0.717, 1.165) is 38.4 Å². The summed E-state index contributed by atoms with van der Waals surface area (Å²) in [5.74, 6) is 1.08. The van der Waals surface area contributed by atoms with E-state index < -0.39 is 0 Å². The van der Waals surface area contributed by atoms with Crippen LogP contribution in [0.5, 0.6) is 0 Å². The van der Waals surface area contributed by atoms with Crippen molar-refractivity contribution in [2.75, 3.05) is 20.1 Å². The second kappa shape index (κ2) is 10.2. The average molecular weight is 418 g/mol. The number of rotatable bonds is 8. The highest BCUT2D eigenvalue weighted by Gasteiger charge is 2.19. The number of hydrogen-bond acceptors (Lipinski definition) is 2. The third kappa shape index (κ3) is 5.45. The van der Waals surface area contributed by atoms with Crippen molar-refractivity contribution >= 4 is 22.8 Å². The van der Waals surface area contributed by atoms with Crippen LogP contribution in [-0.4, -0.2) is 41.5 Å². The number of hydrogen-bond donors (Lipinski definition) is 2. The summed E-state index contributed by atoms with van der Waals surface area (Å²) >= 11 is 0. The molecule has 2 N–H and O–H groups in total. The monoisotopic (exact) mass is 417 g/mol. The Hall–Kier alpha value is -3.28. The van der Waals surface area contributed by atoms with Gasteiger partial charge in [-0.05, 0) is 41.5 Å². The Morgan fingerprint density at radius 2 is 1.84 bits per heavy atom. The number of aromatic nitrogens is 1. The minimum Gasteiger partial charge on any atom is -0.356 e. The molecular weight excluding hydrogens is 386 g/mol. The second-order valence-corrected chi connectivity index (χ2v) is 8.01. The number of aliphatic imine (C=N–C) groups is 1. The first-order chi connectivity index (χ1) is 15.2. The van der Waals surface area contributed by atoms with Crippen molar-refractivity contribution < 1.29 is 4.79 Å². The van der Waals surface area contributed by atoms with E-state index in [0.29, 0.717) is 19.5 Å². The summed E-state index contributed by atoms with van der Waals surface area (Å²) in [6, 6.07) is 19.1. The number of para-hydroxylation sites is 1. The van der Waals surface area contributed by atoms with Crippen molar-refractivity contribution in [3.05, 3.63) is 71.9 Å². The van der Waals surface area contributed by atoms with Crippen molar-refractivity contribution in [2.24, 2.45) is 4.99 Å². The first-order valence-corrected chi connectivity index (χ1v) is 11.1. The molecule has 1 aliphatic rings. The number of benzene rings is 2. The van der Waals surface area contributed by atoms with Crippen LogP contribution in [0.4, 0.5) is 0 Å². The summed E-state index contributed by atoms with van der Waals surface area (Å²) in [6.45, 7) is 4.13. The van der Waals surface area contributed by atoms with Gasteiger partial charge in [0.1, 0.15) is 0 Å². The second-order valence-electron chi connectivity index (χ2n) is 8.01. The van der Waals surface area contributed by atoms with Crippen molar-refractivity contribution in [2.45, 2.75) is 38.9 Å². The fourth-order valence-corrected chi connectivity index (χ4v) is 4.05. The number of amides is 1. The number of nitrogens with one attached hydrogen (secondary N) is 2. The molecule has 4 rings (SSSR count). The number of nitrogens with zero attached hydrogens (tertiary/aromatic N) is 3. The first kappa shape index (κ1) is 21.0. The summed E-state index contributed by atoms with van der Waals surface area (Å²) in [4.78, 5) is 18.0. The van der Waals surface area contributed by atoms with Crippen molar-refractivity contribution in [1.82, 2.24) is 20.1 Å². The van der Waals surface area contributed by atoms with Crippen LogP contribution in [0.3, 0.4) is 0 Å². The van der Waals surface area contributed by atoms with Crippen LogP contribution in [0.15, 0.2) is 65.8 Å². The van der Waals surface area contributed by atoms with E-state index in [1.807, 2.05) is 4.90 Å². The Bertz CT molecular complexity index is 1040. The van der Waals surface area contributed by atoms with Gasteiger partial charge in [0, 0.05) is 57.9 Å². The molecule has 31 heavy (non-hydrogen) atoms. The average Bonchev–Trinajstić information content (AvgIpc) is 3.40. The molecule has 1 amide bonds. The summed E-state index contributed by atoms with van der Waals surface area (Å²) in [5.41, 5.74) is 3.65. The molecule has 1 saturated heterocycles. The van der Waals surface area contributed by atoms with Gasteiger partial charge in [-0.2, -0.15) is 0 Å². The van der Waals surface area contributed by atoms with Crippen LogP contribution < -0.4 is 10.6 Å². The third-order valence-electron chi connectivity index (χ3n) is 5.80. The smallest absolute Gasteiger partial charge is 0.222 e. The highest BCUT2D eigenvalue weighted by molar-refractivity contribution is 5.80. The van der Waals surface area contributed by atoms with Crippen LogP contribution in [0, 0.1) is 0 Å². The van der Waals surface area contributed by atoms with Gasteiger partial charge < -0.3 is 20.1 Å². The zero-order valence-corrected chi connectivity index (χ0v) is 18.2. The largest absolute Gasteiger partial charge is 0.356 e. The minimum absolute atomic E-state index is 0.269. The van der Waals surface area contributed by atoms with Crippen molar-refractivity contribution in [3.8, 4) is 0 Å². The number of aryl methyl sites for hydroxylation is 1. The molecule has 0 atom stereocenters. The van der Waals surface area contributed by atoms with Gasteiger partial charge in [-0.1, -0.05) is 42.5 Å². The molecule has 0 unspecified atom stereocenters. The lowest BCUT2D eigenvalue weighted by atomic mass is 10.1. The number of carbonyl (C=O) groups is 1. The molecule has 1 aliphatic heterocycles. The predicted octanol–water partition coefficient (Wildman–Crippen LogP) is 3.52. The summed E-state index contributed by atoms with van der Waals surface area (Å²) in [5, 5.41) is 8.06. The zero-order valence-electron chi connectivity index (χ0n) is 18.2. The maximum absolute atomic E-state index is 11.8. The van der Waals surface area contributed by atoms with E-state index in [-0.39, 0.29) is 5.91 Å². The van der Waals surface area contributed by atoms with Crippen LogP contribution in [-0.2, 0) is 24.4 Å². The lowest BCUT2D eigenvalue weighted by Gasteiger charge is -2.16. The number of fused-ring (bicyclic) bond motifs is 1. The molecule has 0 radical (unpaired) electrons. The molecule has 6 heteroatoms. The maximum atomic E-state index is 11.8. The lowest BCUT2D eigenvalue weighted by molar-refractivity contribution is -0.128. The fourth-order valence-electron chi connectivity index (χ4n) is 4.05. The van der Waals surface area contributed by atoms with Crippen molar-refractivity contribution in [1.29, 1.82) is 0 Å². The van der Waals surface area contributed by atoms with Gasteiger partial charge in [0.2, 0.25) is 5.91 Å². The van der Waals surface area contributed by atoms with Crippen molar-refractivity contribution in [3.63, 3.8) is 0 Å². The molecule has 0 spiro atoms. The maximum Gasteiger partial charge on any atom is 0.222 e. The molecule has 3 aromatic rings. The molecule has 0 saturated carbocycles. The Morgan fingerprint density at radius 3 is 2.61 bits per heavy atom. The van der Waals surface area contributed by atoms with Gasteiger partial charge in [-0.3, -0.25) is 9.79 Å². The van der Waals surface area contributed by atoms with Gasteiger partial charge in [-0.25, -0.2) is 0 Å². The zero-order chi connectivity index (χ0) is 21.5. The van der Waals surface area contributed by atoms with Crippen LogP contribution >= 0.6 is 0 Å². The van der Waals surface area contributed by atoms with E-state index in [9.17, 15) is 4.79 Å². The van der Waals surface area contributed by atoms with Crippen LogP contribution in [0.1, 0.15) is 30.4 Å². The number of likely N-dealkylation sites (tertiary alicyclic amines) is 1. The SMILES string of the molecule is CN=C(NCCCn1ccc2ccccc21)NCc1ccc(CN2CCCC2=O)cc1. The molecule has 1 fully saturated rings. The minimum atomic E-state index is 0.269. The van der Waals surface area contributed by atoms with E-state index in [2.05, 4.69) is 81.0 Å². The Balaban J connectivity index is 1.19. The lowest BCUT2D eigenvalue weighted by Crippen LogP contribution is -2.37. The van der Waals surface area contributed by atoms with E-state index in [4.69, 9.17) is 0 Å². The van der Waals surface area contributed by atoms with E-state index >= 15 is 0 Å². The molecular formula is C25H31N5O. The number of carbonyl (C=O) groups excluding carboxylic acids is 1. The van der Waals surface area contributed by atoms with Gasteiger partial charge in [-0.15, -0.1) is 0 Å². The normalized spacial score (nSPS) is 14.4. The third-order valence-corrected chi connectivity index (χ3v) is 5.80. The summed E-state index contributed by atoms with van der Waals surface area (Å²) in [7, 11) is 1.80. The quantitative estimate of drug-likeness (QED) is 0.335. The van der Waals surface area contributed by atoms with E-state index in [1.54, 1.807) is 7.05 Å². The Morgan fingerprint density at radius 1 is 1.03 bits per heavy atom. The molecule has 2 aromatic carbocycles. The summed E-state index contributed by atoms with van der Waals surface area (Å²) in [6.07, 6.45) is 4.84. The summed E-state index contributed by atoms with van der Waals surface area (Å²) < 4.78 is 2.30. The van der Waals surface area contributed by atoms with Gasteiger partial charge in [0.05, 0.1) is 0 Å². The van der Waals surface area contributed by atoms with E-state index in [1.165, 1.54) is 22.0 Å². The topological polar surface area (TPSA) is 61.7 Å². The number of guanidine groups is 1. The molecule has 0 bridgehead atoms. The van der Waals surface area contributed by atoms with Gasteiger partial charge >= 0.3 is 0 Å². The van der Waals surface area contributed by atoms with Gasteiger partial charge in [0.15, 0.2) is 5.96 Å².